The van der Waals surface area contributed by atoms with E-state index in [0.29, 0.717) is 0 Å². The van der Waals surface area contributed by atoms with Crippen LogP contribution in [0.2, 0.25) is 0 Å². The molecule has 13 rings (SSSR count). The van der Waals surface area contributed by atoms with Crippen LogP contribution in [0.4, 0.5) is 0 Å². The summed E-state index contributed by atoms with van der Waals surface area (Å²) in [6, 6.07) is 66.4. The molecule has 0 N–H and O–H groups in total. The van der Waals surface area contributed by atoms with E-state index in [1.807, 2.05) is 0 Å². The number of thioether (sulfide) groups is 12. The molecule has 0 fully saturated rings. The molecule has 0 amide bonds. The van der Waals surface area contributed by atoms with Crippen LogP contribution in [0.1, 0.15) is 33.4 Å². The first-order chi connectivity index (χ1) is 31.0. The molecule has 0 saturated carbocycles. The number of hydrogen-bond acceptors (Lipinski definition) is 12. The zero-order valence-corrected chi connectivity index (χ0v) is 42.5. The van der Waals surface area contributed by atoms with Crippen LogP contribution in [-0.4, -0.2) is 8.23 Å². The van der Waals surface area contributed by atoms with Gasteiger partial charge < -0.3 is 0 Å². The first-order valence-electron chi connectivity index (χ1n) is 20.1. The third-order valence-corrected chi connectivity index (χ3v) is 31.5. The lowest BCUT2D eigenvalue weighted by molar-refractivity contribution is 0.892. The maximum absolute atomic E-state index is 2.29. The summed E-state index contributed by atoms with van der Waals surface area (Å²) in [6.45, 7) is 0. The van der Waals surface area contributed by atoms with Crippen LogP contribution in [0.25, 0.3) is 29.4 Å². The van der Waals surface area contributed by atoms with Crippen LogP contribution in [0.3, 0.4) is 0 Å². The molecule has 7 aromatic carbocycles. The van der Waals surface area contributed by atoms with Crippen molar-refractivity contribution in [3.05, 3.63) is 215 Å². The molecule has 0 radical (unpaired) electrons. The Balaban J connectivity index is 0.930. The Labute approximate surface area is 418 Å². The van der Waals surface area contributed by atoms with Crippen molar-refractivity contribution in [3.63, 3.8) is 0 Å². The molecule has 6 heterocycles. The minimum Gasteiger partial charge on any atom is -0.0835 e. The van der Waals surface area contributed by atoms with E-state index in [2.05, 4.69) is 323 Å². The van der Waals surface area contributed by atoms with Gasteiger partial charge in [0.2, 0.25) is 0 Å². The highest BCUT2D eigenvalue weighted by molar-refractivity contribution is 8.57. The first-order valence-corrected chi connectivity index (χ1v) is 29.9. The average molecular weight is 1030 g/mol. The Morgan fingerprint density at radius 3 is 0.460 bits per heavy atom. The van der Waals surface area contributed by atoms with Crippen LogP contribution in [-0.2, 0) is 0 Å². The minimum atomic E-state index is -0.194. The van der Waals surface area contributed by atoms with Crippen LogP contribution in [0, 0.1) is 0 Å². The summed E-state index contributed by atoms with van der Waals surface area (Å²) in [4.78, 5) is 17.1. The molecular weight excluding hydrogens is 997 g/mol. The Morgan fingerprint density at radius 2 is 0.317 bits per heavy atom. The molecule has 0 unspecified atom stereocenters. The van der Waals surface area contributed by atoms with Crippen molar-refractivity contribution in [2.24, 2.45) is 0 Å². The van der Waals surface area contributed by atoms with Gasteiger partial charge in [-0.3, -0.25) is 0 Å². The highest BCUT2D eigenvalue weighted by atomic mass is 32.3. The molecule has 0 nitrogen and oxygen atoms in total. The number of hydrogen-bond donors (Lipinski definition) is 0. The highest BCUT2D eigenvalue weighted by Crippen LogP contribution is 2.86. The molecule has 63 heavy (non-hydrogen) atoms. The predicted octanol–water partition coefficient (Wildman–Crippen LogP) is 19.1. The van der Waals surface area contributed by atoms with E-state index in [9.17, 15) is 0 Å². The van der Waals surface area contributed by atoms with Crippen molar-refractivity contribution in [2.45, 2.75) is 37.6 Å². The van der Waals surface area contributed by atoms with E-state index >= 15 is 0 Å². The largest absolute Gasteiger partial charge is 0.171 e. The van der Waals surface area contributed by atoms with Gasteiger partial charge in [0.25, 0.3) is 0 Å². The van der Waals surface area contributed by atoms with E-state index < -0.39 is 0 Å². The molecule has 6 aliphatic heterocycles. The fraction of sp³-hybridized carbons (Fsp3) is 0.0588. The van der Waals surface area contributed by atoms with E-state index in [4.69, 9.17) is 0 Å². The maximum atomic E-state index is 2.29. The van der Waals surface area contributed by atoms with E-state index in [-0.39, 0.29) is 8.23 Å². The quantitative estimate of drug-likeness (QED) is 0.156. The summed E-state index contributed by atoms with van der Waals surface area (Å²) in [5, 5.41) is 0. The second-order valence-corrected chi connectivity index (χ2v) is 34.2. The average Bonchev–Trinajstić information content (AvgIpc) is 4.22. The Hall–Kier alpha value is -2.04. The molecule has 3 spiro atoms. The second kappa shape index (κ2) is 16.6. The van der Waals surface area contributed by atoms with Crippen LogP contribution in [0.5, 0.6) is 0 Å². The van der Waals surface area contributed by atoms with E-state index in [0.717, 1.165) is 0 Å². The van der Waals surface area contributed by atoms with Crippen molar-refractivity contribution in [1.82, 2.24) is 0 Å². The Kier molecular flexibility index (Phi) is 10.9. The monoisotopic (exact) mass is 1030 g/mol. The summed E-state index contributed by atoms with van der Waals surface area (Å²) < 4.78 is -0.581. The van der Waals surface area contributed by atoms with E-state index in [1.54, 1.807) is 0 Å². The SMILES string of the molecule is c1ccc(C2=C(c3ccccc3)SC3(S2)Sc2c4c(c5c(c2S3)SC2(SC(c3ccccc3)=C(c3ccccc3)S2)S5)SC2(SC(c3ccccc3)=C(c3ccccc3)S2)S4)cc1. The number of benzene rings is 7. The van der Waals surface area contributed by atoms with Crippen molar-refractivity contribution in [1.29, 1.82) is 0 Å². The molecule has 6 aliphatic rings. The van der Waals surface area contributed by atoms with Gasteiger partial charge in [-0.05, 0) is 33.4 Å². The molecular formula is C51H30S12. The summed E-state index contributed by atoms with van der Waals surface area (Å²) in [5.74, 6) is 0. The van der Waals surface area contributed by atoms with Crippen molar-refractivity contribution in [2.75, 3.05) is 0 Å². The number of rotatable bonds is 6. The topological polar surface area (TPSA) is 0 Å². The third-order valence-electron chi connectivity index (χ3n) is 10.8. The summed E-state index contributed by atoms with van der Waals surface area (Å²) >= 11 is 25.0. The fourth-order valence-electron chi connectivity index (χ4n) is 8.01. The standard InChI is InChI=1S/C51H30S12/c1-7-19-31(20-8-1)37-38(32-21-9-2-10-22-32)53-49(52-37)58-43-44(59-49)46-48(63-51(61-46)56-41(35-27-15-5-16-28-35)42(57-51)36-29-17-6-18-30-36)47-45(43)60-50(62-47)54-39(33-23-11-3-12-24-33)40(55-50)34-25-13-4-14-26-34/h1-30H. The second-order valence-electron chi connectivity index (χ2n) is 14.9. The molecule has 12 heteroatoms. The number of fused-ring (bicyclic) bond motifs is 6. The van der Waals surface area contributed by atoms with Gasteiger partial charge in [0.1, 0.15) is 0 Å². The fourth-order valence-corrected chi connectivity index (χ4v) is 30.8. The molecule has 7 aromatic rings. The van der Waals surface area contributed by atoms with Crippen molar-refractivity contribution < 1.29 is 0 Å². The predicted molar refractivity (Wildman–Crippen MR) is 294 cm³/mol. The van der Waals surface area contributed by atoms with Gasteiger partial charge in [0, 0.05) is 58.8 Å². The van der Waals surface area contributed by atoms with Crippen molar-refractivity contribution >= 4 is 171 Å². The van der Waals surface area contributed by atoms with Crippen LogP contribution < -0.4 is 0 Å². The lowest BCUT2D eigenvalue weighted by atomic mass is 10.1. The summed E-state index contributed by atoms with van der Waals surface area (Å²) in [5.41, 5.74) is 7.78. The smallest absolute Gasteiger partial charge is 0.0835 e. The molecule has 0 aromatic heterocycles. The van der Waals surface area contributed by atoms with Gasteiger partial charge >= 0.3 is 0 Å². The molecule has 0 saturated heterocycles. The summed E-state index contributed by atoms with van der Waals surface area (Å²) in [7, 11) is 0. The molecule has 0 bridgehead atoms. The normalized spacial score (nSPS) is 19.8. The zero-order chi connectivity index (χ0) is 41.6. The zero-order valence-electron chi connectivity index (χ0n) is 32.7. The van der Waals surface area contributed by atoms with Gasteiger partial charge in [-0.2, -0.15) is 0 Å². The van der Waals surface area contributed by atoms with Gasteiger partial charge in [0.05, 0.1) is 0 Å². The Bertz CT molecular complexity index is 2490. The van der Waals surface area contributed by atoms with Crippen molar-refractivity contribution in [3.8, 4) is 0 Å². The van der Waals surface area contributed by atoms with Gasteiger partial charge in [-0.15, -0.1) is 0 Å². The summed E-state index contributed by atoms with van der Waals surface area (Å²) in [6.07, 6.45) is 0. The minimum absolute atomic E-state index is 0.194. The molecule has 0 atom stereocenters. The maximum Gasteiger partial charge on any atom is 0.171 e. The van der Waals surface area contributed by atoms with Crippen LogP contribution >= 0.6 is 141 Å². The molecule has 306 valence electrons. The molecule has 0 aliphatic carbocycles. The van der Waals surface area contributed by atoms with Crippen LogP contribution in [0.15, 0.2) is 211 Å². The van der Waals surface area contributed by atoms with E-state index in [1.165, 1.54) is 92.2 Å². The third kappa shape index (κ3) is 7.31. The van der Waals surface area contributed by atoms with Gasteiger partial charge in [0.15, 0.2) is 8.23 Å². The van der Waals surface area contributed by atoms with Gasteiger partial charge in [-0.1, -0.05) is 323 Å². The lowest BCUT2D eigenvalue weighted by Gasteiger charge is -2.21. The highest BCUT2D eigenvalue weighted by Gasteiger charge is 2.59. The Morgan fingerprint density at radius 1 is 0.175 bits per heavy atom. The lowest BCUT2D eigenvalue weighted by Crippen LogP contribution is -2.01. The van der Waals surface area contributed by atoms with Gasteiger partial charge in [-0.25, -0.2) is 0 Å². The first kappa shape index (κ1) is 41.2.